The number of nitrogens with one attached hydrogen (secondary N) is 1. The Bertz CT molecular complexity index is 1930. The number of ether oxygens (including phenoxy) is 2. The summed E-state index contributed by atoms with van der Waals surface area (Å²) in [5, 5.41) is 0.495. The zero-order valence-electron chi connectivity index (χ0n) is 22.0. The molecule has 1 unspecified atom stereocenters. The maximum Gasteiger partial charge on any atom is 0.229 e. The summed E-state index contributed by atoms with van der Waals surface area (Å²) >= 11 is 0. The molecule has 0 radical (unpaired) electrons. The van der Waals surface area contributed by atoms with Crippen LogP contribution in [0.5, 0.6) is 17.2 Å². The second-order valence-corrected chi connectivity index (χ2v) is 12.4. The van der Waals surface area contributed by atoms with Crippen molar-refractivity contribution < 1.29 is 35.9 Å². The molecular formula is C30H24F2N2O6S. The van der Waals surface area contributed by atoms with Gasteiger partial charge in [-0.25, -0.2) is 22.2 Å². The van der Waals surface area contributed by atoms with Crippen LogP contribution in [0, 0.1) is 11.6 Å². The Morgan fingerprint density at radius 3 is 2.76 bits per heavy atom. The zero-order valence-corrected chi connectivity index (χ0v) is 22.8. The molecule has 41 heavy (non-hydrogen) atoms. The molecule has 210 valence electrons. The molecule has 0 fully saturated rings. The number of benzene rings is 3. The third-order valence-corrected chi connectivity index (χ3v) is 8.04. The van der Waals surface area contributed by atoms with Crippen LogP contribution < -0.4 is 9.47 Å². The Kier molecular flexibility index (Phi) is 6.41. The average molecular weight is 579 g/mol. The molecular weight excluding hydrogens is 554 g/mol. The Balaban J connectivity index is 1.36. The second kappa shape index (κ2) is 9.84. The lowest BCUT2D eigenvalue weighted by Crippen LogP contribution is -2.25. The van der Waals surface area contributed by atoms with E-state index in [1.807, 2.05) is 25.1 Å². The summed E-state index contributed by atoms with van der Waals surface area (Å²) < 4.78 is 72.0. The van der Waals surface area contributed by atoms with Gasteiger partial charge in [-0.3, -0.25) is 0 Å². The molecule has 0 bridgehead atoms. The molecule has 0 amide bonds. The quantitative estimate of drug-likeness (QED) is 0.229. The third kappa shape index (κ3) is 4.76. The largest absolute Gasteiger partial charge is 0.492 e. The molecule has 5 aromatic rings. The van der Waals surface area contributed by atoms with Crippen molar-refractivity contribution in [1.29, 1.82) is 0 Å². The first-order valence-electron chi connectivity index (χ1n) is 12.7. The first kappa shape index (κ1) is 26.7. The molecule has 2 aromatic heterocycles. The number of carbonyl (C=O) groups excluding carboxylic acids is 1. The molecule has 0 saturated carbocycles. The summed E-state index contributed by atoms with van der Waals surface area (Å²) in [6.07, 6.45) is 5.08. The molecule has 1 atom stereocenters. The molecule has 6 rings (SSSR count). The molecule has 0 saturated heterocycles. The fraction of sp³-hybridized carbons (Fsp3) is 0.200. The van der Waals surface area contributed by atoms with Gasteiger partial charge in [0.25, 0.3) is 0 Å². The Morgan fingerprint density at radius 1 is 1.15 bits per heavy atom. The zero-order chi connectivity index (χ0) is 28.9. The first-order valence-corrected chi connectivity index (χ1v) is 14.7. The lowest BCUT2D eigenvalue weighted by atomic mass is 9.81. The van der Waals surface area contributed by atoms with Crippen LogP contribution >= 0.6 is 0 Å². The van der Waals surface area contributed by atoms with Gasteiger partial charge in [-0.05, 0) is 31.2 Å². The van der Waals surface area contributed by atoms with Crippen molar-refractivity contribution in [2.75, 3.05) is 12.9 Å². The minimum Gasteiger partial charge on any atom is -0.492 e. The van der Waals surface area contributed by atoms with E-state index in [-0.39, 0.29) is 41.5 Å². The molecule has 0 spiro atoms. The van der Waals surface area contributed by atoms with E-state index in [0.29, 0.717) is 22.3 Å². The van der Waals surface area contributed by atoms with Crippen LogP contribution in [-0.4, -0.2) is 37.5 Å². The van der Waals surface area contributed by atoms with Gasteiger partial charge in [0.15, 0.2) is 21.4 Å². The average Bonchev–Trinajstić information content (AvgIpc) is 3.67. The molecule has 1 aliphatic heterocycles. The summed E-state index contributed by atoms with van der Waals surface area (Å²) in [5.74, 6) is -1.49. The summed E-state index contributed by atoms with van der Waals surface area (Å²) in [5.41, 5.74) is 1.93. The predicted octanol–water partition coefficient (Wildman–Crippen LogP) is 5.88. The number of sulfone groups is 1. The topological polar surface area (TPSA) is 111 Å². The van der Waals surface area contributed by atoms with Crippen LogP contribution in [-0.2, 0) is 32.2 Å². The van der Waals surface area contributed by atoms with Crippen molar-refractivity contribution in [3.8, 4) is 28.7 Å². The Labute approximate surface area is 233 Å². The van der Waals surface area contributed by atoms with Crippen LogP contribution in [0.4, 0.5) is 8.78 Å². The van der Waals surface area contributed by atoms with Gasteiger partial charge >= 0.3 is 0 Å². The van der Waals surface area contributed by atoms with Crippen LogP contribution in [0.15, 0.2) is 65.4 Å². The third-order valence-electron chi connectivity index (χ3n) is 7.23. The van der Waals surface area contributed by atoms with Crippen molar-refractivity contribution in [2.45, 2.75) is 24.5 Å². The van der Waals surface area contributed by atoms with E-state index in [1.54, 1.807) is 12.3 Å². The normalized spacial score (nSPS) is 16.5. The number of halogens is 2. The molecule has 11 heteroatoms. The van der Waals surface area contributed by atoms with Crippen LogP contribution in [0.2, 0.25) is 0 Å². The van der Waals surface area contributed by atoms with Crippen molar-refractivity contribution in [1.82, 2.24) is 9.97 Å². The van der Waals surface area contributed by atoms with Crippen molar-refractivity contribution in [3.05, 3.63) is 95.0 Å². The summed E-state index contributed by atoms with van der Waals surface area (Å²) in [6, 6.07) is 12.2. The van der Waals surface area contributed by atoms with Gasteiger partial charge in [-0.15, -0.1) is 0 Å². The summed E-state index contributed by atoms with van der Waals surface area (Å²) in [7, 11) is -3.55. The number of para-hydroxylation sites is 1. The number of aldehydes is 1. The van der Waals surface area contributed by atoms with E-state index >= 15 is 8.78 Å². The van der Waals surface area contributed by atoms with Crippen molar-refractivity contribution in [2.24, 2.45) is 0 Å². The summed E-state index contributed by atoms with van der Waals surface area (Å²) in [4.78, 5) is 18.5. The highest BCUT2D eigenvalue weighted by Crippen LogP contribution is 2.45. The highest BCUT2D eigenvalue weighted by molar-refractivity contribution is 7.89. The summed E-state index contributed by atoms with van der Waals surface area (Å²) in [6.45, 7) is 2.17. The maximum absolute atomic E-state index is 15.2. The van der Waals surface area contributed by atoms with E-state index < -0.39 is 32.6 Å². The Hall–Kier alpha value is -4.51. The minimum atomic E-state index is -3.55. The lowest BCUT2D eigenvalue weighted by Gasteiger charge is -2.19. The van der Waals surface area contributed by atoms with E-state index in [4.69, 9.17) is 13.9 Å². The van der Waals surface area contributed by atoms with Gasteiger partial charge in [-0.2, -0.15) is 0 Å². The maximum atomic E-state index is 15.2. The van der Waals surface area contributed by atoms with Gasteiger partial charge in [0.1, 0.15) is 36.5 Å². The highest BCUT2D eigenvalue weighted by Gasteiger charge is 2.41. The number of hydrogen-bond acceptors (Lipinski definition) is 7. The predicted molar refractivity (Wildman–Crippen MR) is 147 cm³/mol. The van der Waals surface area contributed by atoms with Crippen molar-refractivity contribution in [3.63, 3.8) is 0 Å². The number of hydrogen-bond donors (Lipinski definition) is 1. The van der Waals surface area contributed by atoms with Crippen LogP contribution in [0.25, 0.3) is 22.4 Å². The fourth-order valence-electron chi connectivity index (χ4n) is 5.19. The fourth-order valence-corrected chi connectivity index (χ4v) is 6.00. The van der Waals surface area contributed by atoms with Crippen molar-refractivity contribution >= 4 is 27.0 Å². The standard InChI is InChI=1S/C30H24F2N2O6S/c1-30(16-39-27-17(9-11-35)4-3-5-22(27)30)26-14-38-29(34-26)20-12-18(6-7-23(20)31)40-28-21(15-41(2,36)37)19-8-10-33-25(19)13-24(28)32/h3-8,10-14,33H,9,15-16H2,1-2H3. The van der Waals surface area contributed by atoms with Crippen LogP contribution in [0.1, 0.15) is 29.3 Å². The van der Waals surface area contributed by atoms with Gasteiger partial charge in [0, 0.05) is 52.5 Å². The number of oxazole rings is 1. The number of carbonyl (C=O) groups is 1. The number of nitrogens with zero attached hydrogens (tertiary/aromatic N) is 1. The van der Waals surface area contributed by atoms with Crippen LogP contribution in [0.3, 0.4) is 0 Å². The first-order chi connectivity index (χ1) is 19.6. The van der Waals surface area contributed by atoms with E-state index in [0.717, 1.165) is 29.7 Å². The van der Waals surface area contributed by atoms with E-state index in [1.165, 1.54) is 24.5 Å². The monoisotopic (exact) mass is 578 g/mol. The van der Waals surface area contributed by atoms with Gasteiger partial charge < -0.3 is 23.7 Å². The molecule has 3 aromatic carbocycles. The SMILES string of the molecule is CC1(c2coc(-c3cc(Oc4c(F)cc5[nH]ccc5c4CS(C)(=O)=O)ccc3F)n2)COc2c(CC=O)cccc21. The highest BCUT2D eigenvalue weighted by atomic mass is 32.2. The molecule has 1 aliphatic rings. The number of aromatic nitrogens is 2. The number of aromatic amines is 1. The van der Waals surface area contributed by atoms with E-state index in [2.05, 4.69) is 9.97 Å². The van der Waals surface area contributed by atoms with E-state index in [9.17, 15) is 13.2 Å². The Morgan fingerprint density at radius 2 is 1.98 bits per heavy atom. The van der Waals surface area contributed by atoms with Gasteiger partial charge in [-0.1, -0.05) is 18.2 Å². The molecule has 3 heterocycles. The number of rotatable bonds is 8. The smallest absolute Gasteiger partial charge is 0.229 e. The van der Waals surface area contributed by atoms with Gasteiger partial charge in [0.2, 0.25) is 5.89 Å². The second-order valence-electron chi connectivity index (χ2n) is 10.2. The number of H-pyrrole nitrogens is 1. The number of fused-ring (bicyclic) bond motifs is 2. The lowest BCUT2D eigenvalue weighted by molar-refractivity contribution is -0.107. The molecule has 1 N–H and O–H groups in total. The molecule has 0 aliphatic carbocycles. The molecule has 8 nitrogen and oxygen atoms in total. The minimum absolute atomic E-state index is 0.0282. The van der Waals surface area contributed by atoms with Gasteiger partial charge in [0.05, 0.1) is 22.4 Å².